The van der Waals surface area contributed by atoms with E-state index in [1.807, 2.05) is 0 Å². The van der Waals surface area contributed by atoms with Crippen LogP contribution >= 0.6 is 0 Å². The number of likely N-dealkylation sites (tertiary alicyclic amines) is 1. The van der Waals surface area contributed by atoms with E-state index in [0.29, 0.717) is 24.6 Å². The number of piperidine rings is 1. The van der Waals surface area contributed by atoms with E-state index >= 15 is 0 Å². The second-order valence-electron chi connectivity index (χ2n) is 7.04. The van der Waals surface area contributed by atoms with Gasteiger partial charge < -0.3 is 10.2 Å². The second kappa shape index (κ2) is 6.46. The third-order valence-corrected chi connectivity index (χ3v) is 5.00. The number of carbonyl (C=O) groups excluding carboxylic acids is 3. The van der Waals surface area contributed by atoms with Gasteiger partial charge in [0, 0.05) is 13.1 Å². The molecule has 2 unspecified atom stereocenters. The Morgan fingerprint density at radius 3 is 2.64 bits per heavy atom. The van der Waals surface area contributed by atoms with Crippen LogP contribution in [0.2, 0.25) is 0 Å². The summed E-state index contributed by atoms with van der Waals surface area (Å²) in [6, 6.07) is 4.80. The molecule has 2 fully saturated rings. The number of hydrogen-bond acceptors (Lipinski definition) is 3. The van der Waals surface area contributed by atoms with Crippen molar-refractivity contribution in [2.75, 3.05) is 19.6 Å². The maximum Gasteiger partial charge on any atom is 0.325 e. The molecule has 2 atom stereocenters. The minimum absolute atomic E-state index is 0.224. The smallest absolute Gasteiger partial charge is 0.325 e. The summed E-state index contributed by atoms with van der Waals surface area (Å²) < 4.78 is 13.1. The molecule has 25 heavy (non-hydrogen) atoms. The first-order valence-corrected chi connectivity index (χ1v) is 8.49. The first-order chi connectivity index (χ1) is 11.8. The van der Waals surface area contributed by atoms with Crippen LogP contribution in [0.3, 0.4) is 0 Å². The summed E-state index contributed by atoms with van der Waals surface area (Å²) in [6.07, 6.45) is 2.01. The molecule has 2 aliphatic rings. The number of urea groups is 1. The highest BCUT2D eigenvalue weighted by molar-refractivity contribution is 6.09. The van der Waals surface area contributed by atoms with E-state index in [0.717, 1.165) is 17.7 Å². The predicted octanol–water partition coefficient (Wildman–Crippen LogP) is 1.85. The summed E-state index contributed by atoms with van der Waals surface area (Å²) in [5, 5.41) is 2.63. The summed E-state index contributed by atoms with van der Waals surface area (Å²) in [5.74, 6) is -0.721. The highest BCUT2D eigenvalue weighted by Crippen LogP contribution is 2.29. The third kappa shape index (κ3) is 3.23. The van der Waals surface area contributed by atoms with Crippen molar-refractivity contribution >= 4 is 17.8 Å². The molecular formula is C18H22FN3O3. The van der Waals surface area contributed by atoms with Gasteiger partial charge in [0.15, 0.2) is 0 Å². The molecule has 2 aliphatic heterocycles. The van der Waals surface area contributed by atoms with Crippen LogP contribution in [0.4, 0.5) is 9.18 Å². The number of nitrogens with one attached hydrogen (secondary N) is 1. The number of benzene rings is 1. The van der Waals surface area contributed by atoms with E-state index in [9.17, 15) is 18.8 Å². The highest BCUT2D eigenvalue weighted by Gasteiger charge is 2.49. The minimum atomic E-state index is -1.29. The van der Waals surface area contributed by atoms with Crippen LogP contribution in [0.25, 0.3) is 0 Å². The lowest BCUT2D eigenvalue weighted by Gasteiger charge is -2.31. The van der Waals surface area contributed by atoms with Gasteiger partial charge in [0.1, 0.15) is 17.9 Å². The average Bonchev–Trinajstić information content (AvgIpc) is 2.79. The lowest BCUT2D eigenvalue weighted by molar-refractivity contribution is -0.139. The van der Waals surface area contributed by atoms with E-state index in [2.05, 4.69) is 12.2 Å². The van der Waals surface area contributed by atoms with Gasteiger partial charge in [-0.25, -0.2) is 9.18 Å². The Balaban J connectivity index is 1.75. The number of amides is 4. The molecule has 2 saturated heterocycles. The van der Waals surface area contributed by atoms with Gasteiger partial charge in [0.2, 0.25) is 5.91 Å². The van der Waals surface area contributed by atoms with Gasteiger partial charge in [0.25, 0.3) is 5.91 Å². The van der Waals surface area contributed by atoms with Gasteiger partial charge in [0.05, 0.1) is 0 Å². The number of imide groups is 1. The molecule has 0 radical (unpaired) electrons. The fourth-order valence-corrected chi connectivity index (χ4v) is 3.47. The molecule has 1 aromatic rings. The normalized spacial score (nSPS) is 26.8. The zero-order valence-corrected chi connectivity index (χ0v) is 14.4. The summed E-state index contributed by atoms with van der Waals surface area (Å²) in [6.45, 7) is 4.68. The molecule has 0 aliphatic carbocycles. The molecule has 0 bridgehead atoms. The number of carbonyl (C=O) groups is 3. The molecule has 0 aromatic heterocycles. The van der Waals surface area contributed by atoms with E-state index in [4.69, 9.17) is 0 Å². The molecule has 3 rings (SSSR count). The zero-order valence-electron chi connectivity index (χ0n) is 14.4. The van der Waals surface area contributed by atoms with E-state index in [1.54, 1.807) is 11.8 Å². The van der Waals surface area contributed by atoms with Gasteiger partial charge in [-0.2, -0.15) is 0 Å². The zero-order chi connectivity index (χ0) is 18.2. The summed E-state index contributed by atoms with van der Waals surface area (Å²) >= 11 is 0. The van der Waals surface area contributed by atoms with Crippen molar-refractivity contribution in [1.82, 2.24) is 15.1 Å². The number of nitrogens with zero attached hydrogens (tertiary/aromatic N) is 2. The first-order valence-electron chi connectivity index (χ1n) is 8.49. The Hall–Kier alpha value is -2.44. The SMILES string of the molecule is CC1CCCN(C(=O)CN2C(=O)NC(C)(c3ccc(F)cc3)C2=O)C1. The predicted molar refractivity (Wildman–Crippen MR) is 89.0 cm³/mol. The van der Waals surface area contributed by atoms with Crippen LogP contribution in [-0.4, -0.2) is 47.3 Å². The van der Waals surface area contributed by atoms with Gasteiger partial charge in [-0.3, -0.25) is 14.5 Å². The van der Waals surface area contributed by atoms with Crippen molar-refractivity contribution < 1.29 is 18.8 Å². The van der Waals surface area contributed by atoms with Crippen LogP contribution in [0, 0.1) is 11.7 Å². The maximum absolute atomic E-state index is 13.1. The lowest BCUT2D eigenvalue weighted by Crippen LogP contribution is -2.47. The molecule has 6 nitrogen and oxygen atoms in total. The first kappa shape index (κ1) is 17.4. The molecule has 7 heteroatoms. The quantitative estimate of drug-likeness (QED) is 0.849. The number of rotatable bonds is 3. The highest BCUT2D eigenvalue weighted by atomic mass is 19.1. The van der Waals surface area contributed by atoms with Gasteiger partial charge >= 0.3 is 6.03 Å². The molecule has 2 heterocycles. The Bertz CT molecular complexity index is 706. The van der Waals surface area contributed by atoms with Crippen molar-refractivity contribution in [3.63, 3.8) is 0 Å². The van der Waals surface area contributed by atoms with Crippen LogP contribution in [-0.2, 0) is 15.1 Å². The number of hydrogen-bond donors (Lipinski definition) is 1. The van der Waals surface area contributed by atoms with Crippen molar-refractivity contribution in [3.8, 4) is 0 Å². The van der Waals surface area contributed by atoms with E-state index in [1.165, 1.54) is 24.3 Å². The Morgan fingerprint density at radius 1 is 1.32 bits per heavy atom. The van der Waals surface area contributed by atoms with Crippen molar-refractivity contribution in [1.29, 1.82) is 0 Å². The standard InChI is InChI=1S/C18H22FN3O3/c1-12-4-3-9-21(10-12)15(23)11-22-16(24)18(2,20-17(22)25)13-5-7-14(19)8-6-13/h5-8,12H,3-4,9-11H2,1-2H3,(H,20,25). The molecule has 4 amide bonds. The molecule has 1 N–H and O–H groups in total. The van der Waals surface area contributed by atoms with Crippen molar-refractivity contribution in [2.24, 2.45) is 5.92 Å². The minimum Gasteiger partial charge on any atom is -0.341 e. The molecule has 0 saturated carbocycles. The van der Waals surface area contributed by atoms with Crippen molar-refractivity contribution in [2.45, 2.75) is 32.2 Å². The molecular weight excluding hydrogens is 325 g/mol. The Labute approximate surface area is 146 Å². The third-order valence-electron chi connectivity index (χ3n) is 5.00. The molecule has 1 aromatic carbocycles. The van der Waals surface area contributed by atoms with Gasteiger partial charge in [-0.15, -0.1) is 0 Å². The molecule has 134 valence electrons. The second-order valence-corrected chi connectivity index (χ2v) is 7.04. The number of halogens is 1. The summed E-state index contributed by atoms with van der Waals surface area (Å²) in [7, 11) is 0. The maximum atomic E-state index is 13.1. The topological polar surface area (TPSA) is 69.7 Å². The Kier molecular flexibility index (Phi) is 4.49. The van der Waals surface area contributed by atoms with Crippen LogP contribution < -0.4 is 5.32 Å². The Morgan fingerprint density at radius 2 is 2.00 bits per heavy atom. The van der Waals surface area contributed by atoms with Crippen LogP contribution in [0.15, 0.2) is 24.3 Å². The largest absolute Gasteiger partial charge is 0.341 e. The van der Waals surface area contributed by atoms with Crippen LogP contribution in [0.5, 0.6) is 0 Å². The molecule has 0 spiro atoms. The van der Waals surface area contributed by atoms with Gasteiger partial charge in [-0.1, -0.05) is 19.1 Å². The lowest BCUT2D eigenvalue weighted by atomic mass is 9.92. The summed E-state index contributed by atoms with van der Waals surface area (Å²) in [4.78, 5) is 40.2. The average molecular weight is 347 g/mol. The van der Waals surface area contributed by atoms with Crippen LogP contribution in [0.1, 0.15) is 32.3 Å². The fraction of sp³-hybridized carbons (Fsp3) is 0.500. The fourth-order valence-electron chi connectivity index (χ4n) is 3.47. The monoisotopic (exact) mass is 347 g/mol. The van der Waals surface area contributed by atoms with Crippen molar-refractivity contribution in [3.05, 3.63) is 35.6 Å². The van der Waals surface area contributed by atoms with E-state index in [-0.39, 0.29) is 12.5 Å². The van der Waals surface area contributed by atoms with Gasteiger partial charge in [-0.05, 0) is 43.4 Å². The summed E-state index contributed by atoms with van der Waals surface area (Å²) in [5.41, 5.74) is -0.811. The van der Waals surface area contributed by atoms with E-state index < -0.39 is 23.3 Å².